The Labute approximate surface area is 179 Å². The Kier molecular flexibility index (Phi) is 5.59. The van der Waals surface area contributed by atoms with Gasteiger partial charge < -0.3 is 19.0 Å². The Hall–Kier alpha value is -2.78. The first-order chi connectivity index (χ1) is 14.0. The first kappa shape index (κ1) is 19.5. The van der Waals surface area contributed by atoms with Gasteiger partial charge >= 0.3 is 0 Å². The van der Waals surface area contributed by atoms with Crippen molar-refractivity contribution in [3.63, 3.8) is 0 Å². The number of methoxy groups -OCH3 is 1. The minimum Gasteiger partial charge on any atom is -0.493 e. The summed E-state index contributed by atoms with van der Waals surface area (Å²) in [5, 5.41) is 12.8. The Morgan fingerprint density at radius 3 is 2.86 bits per heavy atom. The van der Waals surface area contributed by atoms with Crippen LogP contribution in [0.15, 0.2) is 62.6 Å². The highest BCUT2D eigenvalue weighted by Crippen LogP contribution is 2.33. The molecule has 0 aliphatic heterocycles. The summed E-state index contributed by atoms with van der Waals surface area (Å²) in [4.78, 5) is 12.2. The number of hydrogen-bond acceptors (Lipinski definition) is 6. The van der Waals surface area contributed by atoms with Gasteiger partial charge in [-0.25, -0.2) is 0 Å². The maximum Gasteiger partial charge on any atom is 0.234 e. The predicted molar refractivity (Wildman–Crippen MR) is 116 cm³/mol. The van der Waals surface area contributed by atoms with Gasteiger partial charge in [-0.05, 0) is 30.3 Å². The molecule has 2 aromatic heterocycles. The zero-order valence-electron chi connectivity index (χ0n) is 15.7. The molecule has 148 valence electrons. The number of nitrogens with one attached hydrogen (secondary N) is 1. The number of rotatable bonds is 6. The first-order valence-electron chi connectivity index (χ1n) is 8.69. The topological polar surface area (TPSA) is 82.2 Å². The third-order valence-corrected chi connectivity index (χ3v) is 5.74. The van der Waals surface area contributed by atoms with Gasteiger partial charge in [0.25, 0.3) is 0 Å². The summed E-state index contributed by atoms with van der Waals surface area (Å²) in [6, 6.07) is 15.0. The van der Waals surface area contributed by atoms with Crippen LogP contribution in [0.2, 0.25) is 0 Å². The van der Waals surface area contributed by atoms with E-state index in [1.807, 2.05) is 55.6 Å². The van der Waals surface area contributed by atoms with E-state index in [-0.39, 0.29) is 11.7 Å². The molecule has 0 bridgehead atoms. The van der Waals surface area contributed by atoms with Crippen LogP contribution >= 0.6 is 27.7 Å². The largest absolute Gasteiger partial charge is 0.493 e. The van der Waals surface area contributed by atoms with Crippen molar-refractivity contribution in [2.75, 3.05) is 18.2 Å². The second-order valence-corrected chi connectivity index (χ2v) is 8.06. The van der Waals surface area contributed by atoms with Gasteiger partial charge in [0.2, 0.25) is 5.91 Å². The third kappa shape index (κ3) is 4.15. The van der Waals surface area contributed by atoms with Gasteiger partial charge in [0.1, 0.15) is 0 Å². The quantitative estimate of drug-likeness (QED) is 0.408. The van der Waals surface area contributed by atoms with E-state index in [1.165, 1.54) is 11.8 Å². The lowest BCUT2D eigenvalue weighted by Gasteiger charge is -2.05. The minimum atomic E-state index is -0.119. The van der Waals surface area contributed by atoms with Crippen molar-refractivity contribution in [3.8, 4) is 17.3 Å². The number of ether oxygens (including phenoxy) is 1. The summed E-state index contributed by atoms with van der Waals surface area (Å²) in [5.41, 5.74) is 1.40. The zero-order chi connectivity index (χ0) is 20.4. The Morgan fingerprint density at radius 1 is 1.24 bits per heavy atom. The second kappa shape index (κ2) is 8.30. The second-order valence-electron chi connectivity index (χ2n) is 6.20. The standard InChI is InChI=1S/C20H17BrN4O3S/c1-25-19(16-9-12-5-3-8-15(27-2)18(12)28-16)23-24-20(25)29-11-17(26)22-14-7-4-6-13(21)10-14/h3-10H,11H2,1-2H3,(H,22,26). The number of para-hydroxylation sites is 1. The fourth-order valence-electron chi connectivity index (χ4n) is 2.86. The van der Waals surface area contributed by atoms with E-state index >= 15 is 0 Å². The fourth-order valence-corrected chi connectivity index (χ4v) is 3.97. The van der Waals surface area contributed by atoms with E-state index < -0.39 is 0 Å². The van der Waals surface area contributed by atoms with Gasteiger partial charge in [-0.1, -0.05) is 45.9 Å². The average Bonchev–Trinajstić information content (AvgIpc) is 3.29. The Morgan fingerprint density at radius 2 is 2.07 bits per heavy atom. The summed E-state index contributed by atoms with van der Waals surface area (Å²) < 4.78 is 14.0. The molecule has 7 nitrogen and oxygen atoms in total. The number of carbonyl (C=O) groups is 1. The molecule has 0 radical (unpaired) electrons. The van der Waals surface area contributed by atoms with Crippen LogP contribution < -0.4 is 10.1 Å². The molecule has 4 aromatic rings. The molecule has 0 spiro atoms. The number of anilines is 1. The molecule has 4 rings (SSSR count). The van der Waals surface area contributed by atoms with Crippen molar-refractivity contribution >= 4 is 50.3 Å². The van der Waals surface area contributed by atoms with E-state index in [4.69, 9.17) is 9.15 Å². The van der Waals surface area contributed by atoms with E-state index in [0.717, 1.165) is 15.5 Å². The number of aromatic nitrogens is 3. The lowest BCUT2D eigenvalue weighted by Crippen LogP contribution is -2.14. The van der Waals surface area contributed by atoms with Crippen LogP contribution in [0.25, 0.3) is 22.6 Å². The molecule has 1 N–H and O–H groups in total. The van der Waals surface area contributed by atoms with Crippen LogP contribution in [0, 0.1) is 0 Å². The molecule has 29 heavy (non-hydrogen) atoms. The molecular weight excluding hydrogens is 456 g/mol. The van der Waals surface area contributed by atoms with Gasteiger partial charge in [-0.3, -0.25) is 4.79 Å². The molecule has 9 heteroatoms. The maximum atomic E-state index is 12.2. The first-order valence-corrected chi connectivity index (χ1v) is 10.5. The normalized spacial score (nSPS) is 11.0. The van der Waals surface area contributed by atoms with Crippen molar-refractivity contribution in [3.05, 3.63) is 53.0 Å². The maximum absolute atomic E-state index is 12.2. The van der Waals surface area contributed by atoms with E-state index in [1.54, 1.807) is 11.7 Å². The lowest BCUT2D eigenvalue weighted by atomic mass is 10.2. The van der Waals surface area contributed by atoms with E-state index in [0.29, 0.717) is 28.1 Å². The summed E-state index contributed by atoms with van der Waals surface area (Å²) in [6.07, 6.45) is 0. The van der Waals surface area contributed by atoms with Crippen molar-refractivity contribution in [1.29, 1.82) is 0 Å². The molecule has 0 fully saturated rings. The van der Waals surface area contributed by atoms with Crippen molar-refractivity contribution in [2.24, 2.45) is 7.05 Å². The molecule has 0 atom stereocenters. The highest BCUT2D eigenvalue weighted by Gasteiger charge is 2.17. The van der Waals surface area contributed by atoms with Gasteiger partial charge in [0.05, 0.1) is 12.9 Å². The highest BCUT2D eigenvalue weighted by atomic mass is 79.9. The van der Waals surface area contributed by atoms with Crippen LogP contribution in [0.1, 0.15) is 0 Å². The number of thioether (sulfide) groups is 1. The van der Waals surface area contributed by atoms with Crippen molar-refractivity contribution in [1.82, 2.24) is 14.8 Å². The van der Waals surface area contributed by atoms with Gasteiger partial charge in [-0.2, -0.15) is 0 Å². The van der Waals surface area contributed by atoms with Crippen molar-refractivity contribution < 1.29 is 13.9 Å². The number of fused-ring (bicyclic) bond motifs is 1. The van der Waals surface area contributed by atoms with Crippen LogP contribution in [0.5, 0.6) is 5.75 Å². The number of amides is 1. The molecule has 1 amide bonds. The molecular formula is C20H17BrN4O3S. The Balaban J connectivity index is 1.48. The number of nitrogens with zero attached hydrogens (tertiary/aromatic N) is 3. The van der Waals surface area contributed by atoms with Crippen LogP contribution in [0.3, 0.4) is 0 Å². The number of halogens is 1. The van der Waals surface area contributed by atoms with Gasteiger partial charge in [0, 0.05) is 22.6 Å². The van der Waals surface area contributed by atoms with E-state index in [2.05, 4.69) is 31.4 Å². The summed E-state index contributed by atoms with van der Waals surface area (Å²) >= 11 is 4.70. The highest BCUT2D eigenvalue weighted by molar-refractivity contribution is 9.10. The number of hydrogen-bond donors (Lipinski definition) is 1. The monoisotopic (exact) mass is 472 g/mol. The summed E-state index contributed by atoms with van der Waals surface area (Å²) in [6.45, 7) is 0. The SMILES string of the molecule is COc1cccc2cc(-c3nnc(SCC(=O)Nc4cccc(Br)c4)n3C)oc12. The van der Waals surface area contributed by atoms with Crippen LogP contribution in [-0.2, 0) is 11.8 Å². The average molecular weight is 473 g/mol. The van der Waals surface area contributed by atoms with Gasteiger partial charge in [0.15, 0.2) is 28.1 Å². The molecule has 0 aliphatic carbocycles. The van der Waals surface area contributed by atoms with Crippen LogP contribution in [0.4, 0.5) is 5.69 Å². The molecule has 0 saturated heterocycles. The lowest BCUT2D eigenvalue weighted by molar-refractivity contribution is -0.113. The molecule has 0 aliphatic rings. The fraction of sp³-hybridized carbons (Fsp3) is 0.150. The molecule has 0 saturated carbocycles. The summed E-state index contributed by atoms with van der Waals surface area (Å²) in [7, 11) is 3.45. The predicted octanol–water partition coefficient (Wildman–Crippen LogP) is 4.73. The smallest absolute Gasteiger partial charge is 0.234 e. The van der Waals surface area contributed by atoms with Crippen LogP contribution in [-0.4, -0.2) is 33.5 Å². The molecule has 0 unspecified atom stereocenters. The minimum absolute atomic E-state index is 0.119. The summed E-state index contributed by atoms with van der Waals surface area (Å²) in [5.74, 6) is 1.93. The van der Waals surface area contributed by atoms with Crippen molar-refractivity contribution in [2.45, 2.75) is 5.16 Å². The number of benzene rings is 2. The number of furan rings is 1. The Bertz CT molecular complexity index is 1190. The number of carbonyl (C=O) groups excluding carboxylic acids is 1. The molecule has 2 heterocycles. The van der Waals surface area contributed by atoms with E-state index in [9.17, 15) is 4.79 Å². The zero-order valence-corrected chi connectivity index (χ0v) is 18.1. The third-order valence-electron chi connectivity index (χ3n) is 4.22. The molecule has 2 aromatic carbocycles. The van der Waals surface area contributed by atoms with Gasteiger partial charge in [-0.15, -0.1) is 10.2 Å².